The van der Waals surface area contributed by atoms with Crippen molar-refractivity contribution in [3.8, 4) is 17.0 Å². The molecule has 156 valence electrons. The predicted molar refractivity (Wildman–Crippen MR) is 127 cm³/mol. The summed E-state index contributed by atoms with van der Waals surface area (Å²) in [7, 11) is 0. The molecule has 0 aliphatic carbocycles. The zero-order chi connectivity index (χ0) is 22.0. The van der Waals surface area contributed by atoms with Crippen molar-refractivity contribution >= 4 is 34.1 Å². The summed E-state index contributed by atoms with van der Waals surface area (Å²) in [6, 6.07) is 20.8. The van der Waals surface area contributed by atoms with Gasteiger partial charge in [-0.2, -0.15) is 0 Å². The summed E-state index contributed by atoms with van der Waals surface area (Å²) >= 11 is 6.05. The van der Waals surface area contributed by atoms with Gasteiger partial charge >= 0.3 is 0 Å². The maximum absolute atomic E-state index is 13.4. The second-order valence-corrected chi connectivity index (χ2v) is 7.86. The minimum absolute atomic E-state index is 0.209. The van der Waals surface area contributed by atoms with E-state index in [0.717, 1.165) is 33.3 Å². The molecule has 0 saturated heterocycles. The van der Waals surface area contributed by atoms with Gasteiger partial charge in [0.2, 0.25) is 0 Å². The fourth-order valence-corrected chi connectivity index (χ4v) is 3.80. The largest absolute Gasteiger partial charge is 0.492 e. The zero-order valence-electron chi connectivity index (χ0n) is 17.7. The Morgan fingerprint density at radius 3 is 2.52 bits per heavy atom. The highest BCUT2D eigenvalue weighted by molar-refractivity contribution is 6.30. The second kappa shape index (κ2) is 8.78. The molecule has 0 aliphatic heterocycles. The van der Waals surface area contributed by atoms with E-state index in [4.69, 9.17) is 21.3 Å². The van der Waals surface area contributed by atoms with Crippen LogP contribution in [0.5, 0.6) is 5.75 Å². The number of hydrogen-bond acceptors (Lipinski definition) is 3. The number of benzene rings is 3. The van der Waals surface area contributed by atoms with E-state index in [1.807, 2.05) is 81.4 Å². The third kappa shape index (κ3) is 4.39. The lowest BCUT2D eigenvalue weighted by Crippen LogP contribution is -2.14. The number of nitrogens with zero attached hydrogens (tertiary/aromatic N) is 1. The van der Waals surface area contributed by atoms with Crippen LogP contribution in [0.3, 0.4) is 0 Å². The Kier molecular flexibility index (Phi) is 5.92. The molecule has 0 atom stereocenters. The quantitative estimate of drug-likeness (QED) is 0.377. The number of amides is 1. The lowest BCUT2D eigenvalue weighted by atomic mass is 9.99. The molecule has 0 radical (unpaired) electrons. The van der Waals surface area contributed by atoms with Crippen molar-refractivity contribution in [3.63, 3.8) is 0 Å². The molecule has 0 aliphatic rings. The SMILES string of the molecule is CCOc1ccccc1NC(=O)c1cc(-c2ccc(Cl)cc2)nc2c(C)cc(C)cc12. The predicted octanol–water partition coefficient (Wildman–Crippen LogP) is 6.82. The standard InChI is InChI=1S/C26H23ClN2O2/c1-4-31-24-8-6-5-7-22(24)29-26(30)21-15-23(18-9-11-19(27)12-10-18)28-25-17(3)13-16(2)14-20(21)25/h5-15H,4H2,1-3H3,(H,29,30). The number of carbonyl (C=O) groups is 1. The van der Waals surface area contributed by atoms with Gasteiger partial charge in [-0.15, -0.1) is 0 Å². The number of aromatic nitrogens is 1. The summed E-state index contributed by atoms with van der Waals surface area (Å²) in [5, 5.41) is 4.49. The minimum Gasteiger partial charge on any atom is -0.492 e. The van der Waals surface area contributed by atoms with Gasteiger partial charge in [0.25, 0.3) is 5.91 Å². The molecule has 31 heavy (non-hydrogen) atoms. The third-order valence-corrected chi connectivity index (χ3v) is 5.32. The average Bonchev–Trinajstić information content (AvgIpc) is 2.75. The molecule has 1 aromatic heterocycles. The van der Waals surface area contributed by atoms with Gasteiger partial charge in [0, 0.05) is 16.0 Å². The van der Waals surface area contributed by atoms with Crippen LogP contribution in [-0.4, -0.2) is 17.5 Å². The Labute approximate surface area is 186 Å². The molecule has 0 bridgehead atoms. The summed E-state index contributed by atoms with van der Waals surface area (Å²) in [6.07, 6.45) is 0. The van der Waals surface area contributed by atoms with Crippen molar-refractivity contribution in [1.29, 1.82) is 0 Å². The van der Waals surface area contributed by atoms with Crippen molar-refractivity contribution < 1.29 is 9.53 Å². The fraction of sp³-hybridized carbons (Fsp3) is 0.154. The highest BCUT2D eigenvalue weighted by Gasteiger charge is 2.17. The number of ether oxygens (including phenoxy) is 1. The van der Waals surface area contributed by atoms with Crippen LogP contribution in [0, 0.1) is 13.8 Å². The topological polar surface area (TPSA) is 51.2 Å². The summed E-state index contributed by atoms with van der Waals surface area (Å²) in [5.74, 6) is 0.432. The molecule has 1 amide bonds. The van der Waals surface area contributed by atoms with Crippen LogP contribution in [0.4, 0.5) is 5.69 Å². The zero-order valence-corrected chi connectivity index (χ0v) is 18.5. The first kappa shape index (κ1) is 20.9. The maximum Gasteiger partial charge on any atom is 0.256 e. The number of nitrogens with one attached hydrogen (secondary N) is 1. The van der Waals surface area contributed by atoms with E-state index in [9.17, 15) is 4.79 Å². The first-order valence-corrected chi connectivity index (χ1v) is 10.5. The number of rotatable bonds is 5. The molecule has 0 unspecified atom stereocenters. The Bertz CT molecular complexity index is 1270. The molecule has 5 heteroatoms. The van der Waals surface area contributed by atoms with Crippen molar-refractivity contribution in [2.24, 2.45) is 0 Å². The van der Waals surface area contributed by atoms with Gasteiger partial charge < -0.3 is 10.1 Å². The van der Waals surface area contributed by atoms with Crippen molar-refractivity contribution in [2.75, 3.05) is 11.9 Å². The third-order valence-electron chi connectivity index (χ3n) is 5.07. The smallest absolute Gasteiger partial charge is 0.256 e. The number of aryl methyl sites for hydroxylation is 2. The fourth-order valence-electron chi connectivity index (χ4n) is 3.68. The Morgan fingerprint density at radius 1 is 1.03 bits per heavy atom. The molecule has 0 spiro atoms. The van der Waals surface area contributed by atoms with Gasteiger partial charge in [-0.25, -0.2) is 4.98 Å². The molecule has 4 rings (SSSR count). The van der Waals surface area contributed by atoms with E-state index in [1.54, 1.807) is 0 Å². The van der Waals surface area contributed by atoms with Gasteiger partial charge in [-0.05, 0) is 62.7 Å². The van der Waals surface area contributed by atoms with Gasteiger partial charge in [-0.1, -0.05) is 47.5 Å². The van der Waals surface area contributed by atoms with E-state index >= 15 is 0 Å². The first-order valence-electron chi connectivity index (χ1n) is 10.2. The van der Waals surface area contributed by atoms with E-state index in [0.29, 0.717) is 28.6 Å². The summed E-state index contributed by atoms with van der Waals surface area (Å²) in [5.41, 5.74) is 5.73. The van der Waals surface area contributed by atoms with Gasteiger partial charge in [-0.3, -0.25) is 4.79 Å². The number of hydrogen-bond donors (Lipinski definition) is 1. The van der Waals surface area contributed by atoms with Crippen LogP contribution in [0.15, 0.2) is 66.7 Å². The number of anilines is 1. The van der Waals surface area contributed by atoms with Crippen LogP contribution < -0.4 is 10.1 Å². The van der Waals surface area contributed by atoms with Gasteiger partial charge in [0.05, 0.1) is 29.1 Å². The summed E-state index contributed by atoms with van der Waals surface area (Å²) < 4.78 is 5.66. The monoisotopic (exact) mass is 430 g/mol. The molecule has 4 nitrogen and oxygen atoms in total. The molecular weight excluding hydrogens is 408 g/mol. The van der Waals surface area contributed by atoms with Gasteiger partial charge in [0.1, 0.15) is 5.75 Å². The highest BCUT2D eigenvalue weighted by Crippen LogP contribution is 2.30. The van der Waals surface area contributed by atoms with Crippen molar-refractivity contribution in [2.45, 2.75) is 20.8 Å². The van der Waals surface area contributed by atoms with Gasteiger partial charge in [0.15, 0.2) is 0 Å². The Balaban J connectivity index is 1.85. The normalized spacial score (nSPS) is 10.8. The number of fused-ring (bicyclic) bond motifs is 1. The lowest BCUT2D eigenvalue weighted by molar-refractivity contribution is 0.102. The molecule has 1 heterocycles. The van der Waals surface area contributed by atoms with Crippen molar-refractivity contribution in [1.82, 2.24) is 4.98 Å². The van der Waals surface area contributed by atoms with E-state index in [1.165, 1.54) is 0 Å². The molecule has 0 saturated carbocycles. The summed E-state index contributed by atoms with van der Waals surface area (Å²) in [6.45, 7) is 6.47. The lowest BCUT2D eigenvalue weighted by Gasteiger charge is -2.15. The molecule has 1 N–H and O–H groups in total. The first-order chi connectivity index (χ1) is 15.0. The molecule has 0 fully saturated rings. The van der Waals surface area contributed by atoms with Crippen LogP contribution in [0.1, 0.15) is 28.4 Å². The summed E-state index contributed by atoms with van der Waals surface area (Å²) in [4.78, 5) is 18.3. The molecule has 4 aromatic rings. The highest BCUT2D eigenvalue weighted by atomic mass is 35.5. The Hall–Kier alpha value is -3.37. The Morgan fingerprint density at radius 2 is 1.77 bits per heavy atom. The minimum atomic E-state index is -0.209. The second-order valence-electron chi connectivity index (χ2n) is 7.42. The number of pyridine rings is 1. The van der Waals surface area contributed by atoms with E-state index in [2.05, 4.69) is 11.4 Å². The number of para-hydroxylation sites is 2. The molecular formula is C26H23ClN2O2. The maximum atomic E-state index is 13.4. The van der Waals surface area contributed by atoms with E-state index < -0.39 is 0 Å². The van der Waals surface area contributed by atoms with E-state index in [-0.39, 0.29) is 5.91 Å². The molecule has 3 aromatic carbocycles. The van der Waals surface area contributed by atoms with Crippen LogP contribution in [0.25, 0.3) is 22.2 Å². The van der Waals surface area contributed by atoms with Crippen molar-refractivity contribution in [3.05, 3.63) is 88.4 Å². The van der Waals surface area contributed by atoms with Crippen LogP contribution >= 0.6 is 11.6 Å². The number of halogens is 1. The van der Waals surface area contributed by atoms with Crippen LogP contribution in [0.2, 0.25) is 5.02 Å². The average molecular weight is 431 g/mol. The number of carbonyl (C=O) groups excluding carboxylic acids is 1. The van der Waals surface area contributed by atoms with Crippen LogP contribution in [-0.2, 0) is 0 Å².